The van der Waals surface area contributed by atoms with E-state index in [1.165, 1.54) is 51.4 Å². The minimum Gasteiger partial charge on any atom is -0.481 e. The molecule has 1 N–H and O–H groups in total. The molecule has 0 fully saturated rings. The van der Waals surface area contributed by atoms with E-state index < -0.39 is 5.97 Å². The number of rotatable bonds is 16. The van der Waals surface area contributed by atoms with Gasteiger partial charge in [-0.2, -0.15) is 0 Å². The summed E-state index contributed by atoms with van der Waals surface area (Å²) < 4.78 is 0. The van der Waals surface area contributed by atoms with Crippen molar-refractivity contribution in [3.05, 3.63) is 24.3 Å². The molecular weight excluding hydrogens is 295 g/mol. The number of carboxylic acid groups (broad SMARTS) is 1. The minimum atomic E-state index is -0.673. The molecule has 0 spiro atoms. The van der Waals surface area contributed by atoms with Crippen LogP contribution >= 0.6 is 0 Å². The topological polar surface area (TPSA) is 37.3 Å². The first-order valence-electron chi connectivity index (χ1n) is 9.29. The standard InChI is InChI=1S/C20H36O2.Na/c1-2-3-4-5-6-7-8-9-10-11-12-13-14-15-16-17-18-19-20(21)22;/h9-10,12-13H,2-8,11,14-19H2,1H3,(H,21,22);. The first-order chi connectivity index (χ1) is 10.8. The molecule has 2 nitrogen and oxygen atoms in total. The number of carbonyl (C=O) groups is 1. The van der Waals surface area contributed by atoms with Crippen molar-refractivity contribution in [1.82, 2.24) is 0 Å². The van der Waals surface area contributed by atoms with Gasteiger partial charge in [0.2, 0.25) is 0 Å². The van der Waals surface area contributed by atoms with Crippen molar-refractivity contribution in [3.8, 4) is 0 Å². The Balaban J connectivity index is 0. The van der Waals surface area contributed by atoms with Crippen molar-refractivity contribution in [1.29, 1.82) is 0 Å². The fraction of sp³-hybridized carbons (Fsp3) is 0.750. The van der Waals surface area contributed by atoms with Crippen molar-refractivity contribution >= 4 is 35.5 Å². The zero-order chi connectivity index (χ0) is 16.3. The van der Waals surface area contributed by atoms with Crippen molar-refractivity contribution in [2.45, 2.75) is 96.8 Å². The summed E-state index contributed by atoms with van der Waals surface area (Å²) in [5.74, 6) is -0.673. The molecule has 1 radical (unpaired) electrons. The van der Waals surface area contributed by atoms with Crippen LogP contribution in [0.25, 0.3) is 0 Å². The van der Waals surface area contributed by atoms with Crippen LogP contribution in [0.2, 0.25) is 0 Å². The molecule has 0 aliphatic carbocycles. The molecular formula is C20H36NaO2. The number of unbranched alkanes of at least 4 members (excludes halogenated alkanes) is 10. The zero-order valence-electron chi connectivity index (χ0n) is 15.6. The third-order valence-electron chi connectivity index (χ3n) is 3.84. The molecule has 0 aromatic heterocycles. The molecule has 0 aliphatic heterocycles. The summed E-state index contributed by atoms with van der Waals surface area (Å²) >= 11 is 0. The Kier molecular flexibility index (Phi) is 24.0. The fourth-order valence-corrected chi connectivity index (χ4v) is 2.44. The number of carboxylic acids is 1. The van der Waals surface area contributed by atoms with Crippen LogP contribution in [-0.2, 0) is 4.79 Å². The molecule has 0 heterocycles. The average molecular weight is 331 g/mol. The second-order valence-electron chi connectivity index (χ2n) is 6.08. The molecule has 0 aliphatic rings. The van der Waals surface area contributed by atoms with E-state index in [9.17, 15) is 4.79 Å². The molecule has 0 saturated carbocycles. The Morgan fingerprint density at radius 3 is 1.74 bits per heavy atom. The Morgan fingerprint density at radius 2 is 1.22 bits per heavy atom. The van der Waals surface area contributed by atoms with E-state index in [0.717, 1.165) is 32.1 Å². The number of aliphatic carboxylic acids is 1. The maximum Gasteiger partial charge on any atom is 0.303 e. The van der Waals surface area contributed by atoms with Crippen molar-refractivity contribution in [3.63, 3.8) is 0 Å². The van der Waals surface area contributed by atoms with Gasteiger partial charge in [-0.25, -0.2) is 0 Å². The first-order valence-corrected chi connectivity index (χ1v) is 9.29. The third-order valence-corrected chi connectivity index (χ3v) is 3.84. The van der Waals surface area contributed by atoms with Gasteiger partial charge in [0, 0.05) is 36.0 Å². The Hall–Kier alpha value is -0.0500. The van der Waals surface area contributed by atoms with Crippen LogP contribution < -0.4 is 0 Å². The van der Waals surface area contributed by atoms with E-state index in [1.807, 2.05) is 0 Å². The number of hydrogen-bond donors (Lipinski definition) is 1. The molecule has 23 heavy (non-hydrogen) atoms. The predicted molar refractivity (Wildman–Crippen MR) is 102 cm³/mol. The maximum atomic E-state index is 10.3. The molecule has 0 rings (SSSR count). The molecule has 0 bridgehead atoms. The van der Waals surface area contributed by atoms with E-state index in [4.69, 9.17) is 5.11 Å². The van der Waals surface area contributed by atoms with Crippen LogP contribution in [0.4, 0.5) is 0 Å². The monoisotopic (exact) mass is 331 g/mol. The van der Waals surface area contributed by atoms with Gasteiger partial charge in [-0.15, -0.1) is 0 Å². The molecule has 0 amide bonds. The summed E-state index contributed by atoms with van der Waals surface area (Å²) in [4.78, 5) is 10.3. The zero-order valence-corrected chi connectivity index (χ0v) is 17.6. The average Bonchev–Trinajstić information content (AvgIpc) is 2.50. The van der Waals surface area contributed by atoms with Crippen LogP contribution in [0.5, 0.6) is 0 Å². The first kappa shape index (κ1) is 25.2. The summed E-state index contributed by atoms with van der Waals surface area (Å²) in [7, 11) is 0. The summed E-state index contributed by atoms with van der Waals surface area (Å²) in [6.45, 7) is 2.26. The normalized spacial score (nSPS) is 11.2. The van der Waals surface area contributed by atoms with Crippen LogP contribution in [-0.4, -0.2) is 40.6 Å². The molecule has 0 aromatic rings. The van der Waals surface area contributed by atoms with Gasteiger partial charge in [-0.3, -0.25) is 4.79 Å². The van der Waals surface area contributed by atoms with Gasteiger partial charge in [0.25, 0.3) is 0 Å². The number of allylic oxidation sites excluding steroid dienone is 4. The van der Waals surface area contributed by atoms with Gasteiger partial charge < -0.3 is 5.11 Å². The van der Waals surface area contributed by atoms with Gasteiger partial charge in [-0.1, -0.05) is 76.2 Å². The second kappa shape index (κ2) is 21.9. The Labute approximate surface area is 166 Å². The van der Waals surface area contributed by atoms with Crippen LogP contribution in [0.15, 0.2) is 24.3 Å². The van der Waals surface area contributed by atoms with E-state index in [1.54, 1.807) is 0 Å². The van der Waals surface area contributed by atoms with Crippen LogP contribution in [0.1, 0.15) is 96.8 Å². The smallest absolute Gasteiger partial charge is 0.303 e. The summed E-state index contributed by atoms with van der Waals surface area (Å²) in [6.07, 6.45) is 25.2. The quantitative estimate of drug-likeness (QED) is 0.205. The van der Waals surface area contributed by atoms with Gasteiger partial charge in [0.15, 0.2) is 0 Å². The summed E-state index contributed by atoms with van der Waals surface area (Å²) in [6, 6.07) is 0. The van der Waals surface area contributed by atoms with Crippen molar-refractivity contribution in [2.24, 2.45) is 0 Å². The molecule has 3 heteroatoms. The fourth-order valence-electron chi connectivity index (χ4n) is 2.44. The van der Waals surface area contributed by atoms with E-state index in [-0.39, 0.29) is 29.6 Å². The van der Waals surface area contributed by atoms with Gasteiger partial charge >= 0.3 is 5.97 Å². The number of hydrogen-bond acceptors (Lipinski definition) is 1. The van der Waals surface area contributed by atoms with E-state index in [0.29, 0.717) is 6.42 Å². The Morgan fingerprint density at radius 1 is 0.739 bits per heavy atom. The second-order valence-corrected chi connectivity index (χ2v) is 6.08. The summed E-state index contributed by atoms with van der Waals surface area (Å²) in [5, 5.41) is 8.52. The SMILES string of the molecule is CCCCCCCCC=CCC=CCCCCCCC(=O)O.[Na]. The van der Waals surface area contributed by atoms with E-state index in [2.05, 4.69) is 31.2 Å². The Bertz CT molecular complexity index is 298. The maximum absolute atomic E-state index is 10.3. The van der Waals surface area contributed by atoms with Crippen LogP contribution in [0, 0.1) is 0 Å². The van der Waals surface area contributed by atoms with Crippen molar-refractivity contribution < 1.29 is 9.90 Å². The van der Waals surface area contributed by atoms with Crippen LogP contribution in [0.3, 0.4) is 0 Å². The van der Waals surface area contributed by atoms with Gasteiger partial charge in [0.05, 0.1) is 0 Å². The van der Waals surface area contributed by atoms with E-state index >= 15 is 0 Å². The molecule has 0 atom stereocenters. The van der Waals surface area contributed by atoms with Gasteiger partial charge in [0.1, 0.15) is 0 Å². The molecule has 129 valence electrons. The van der Waals surface area contributed by atoms with Crippen molar-refractivity contribution in [2.75, 3.05) is 0 Å². The summed E-state index contributed by atoms with van der Waals surface area (Å²) in [5.41, 5.74) is 0. The van der Waals surface area contributed by atoms with Gasteiger partial charge in [-0.05, 0) is 38.5 Å². The minimum absolute atomic E-state index is 0. The molecule has 0 saturated heterocycles. The molecule has 0 unspecified atom stereocenters. The third kappa shape index (κ3) is 24.3. The molecule has 0 aromatic carbocycles. The largest absolute Gasteiger partial charge is 0.481 e. The predicted octanol–water partition coefficient (Wildman–Crippen LogP) is 6.28.